The van der Waals surface area contributed by atoms with Gasteiger partial charge in [0.1, 0.15) is 6.42 Å². The molecule has 1 aromatic rings. The topological polar surface area (TPSA) is 63.3 Å². The number of hydrogen-bond acceptors (Lipinski definition) is 3. The van der Waals surface area contributed by atoms with Gasteiger partial charge in [-0.1, -0.05) is 0 Å². The Balaban J connectivity index is 2.79. The maximum Gasteiger partial charge on any atom is 0.316 e. The lowest BCUT2D eigenvalue weighted by atomic mass is 10.2. The zero-order valence-electron chi connectivity index (χ0n) is 5.83. The highest BCUT2D eigenvalue weighted by Crippen LogP contribution is 2.30. The molecule has 0 radical (unpaired) electrons. The van der Waals surface area contributed by atoms with E-state index in [1.54, 1.807) is 0 Å². The monoisotopic (exact) mass is 177 g/mol. The van der Waals surface area contributed by atoms with Gasteiger partial charge < -0.3 is 9.52 Å². The number of carboxylic acid groups (broad SMARTS) is 1. The maximum atomic E-state index is 12.7. The normalized spacial score (nSPS) is 11.5. The van der Waals surface area contributed by atoms with E-state index >= 15 is 0 Å². The zero-order chi connectivity index (χ0) is 9.19. The van der Waals surface area contributed by atoms with Crippen LogP contribution in [-0.4, -0.2) is 16.1 Å². The van der Waals surface area contributed by atoms with E-state index in [1.807, 2.05) is 0 Å². The van der Waals surface area contributed by atoms with Crippen LogP contribution in [0.3, 0.4) is 0 Å². The lowest BCUT2D eigenvalue weighted by Crippen LogP contribution is -2.17. The van der Waals surface area contributed by atoms with Crippen molar-refractivity contribution in [3.05, 3.63) is 18.4 Å². The van der Waals surface area contributed by atoms with Gasteiger partial charge in [0.25, 0.3) is 0 Å². The van der Waals surface area contributed by atoms with E-state index in [1.165, 1.54) is 0 Å². The van der Waals surface area contributed by atoms with Crippen LogP contribution in [0.4, 0.5) is 8.78 Å². The first kappa shape index (κ1) is 8.63. The summed E-state index contributed by atoms with van der Waals surface area (Å²) in [4.78, 5) is 13.2. The SMILES string of the molecule is O=C(O)CC(F)(F)c1cnco1. The minimum absolute atomic E-state index is 0.732. The van der Waals surface area contributed by atoms with Gasteiger partial charge in [-0.3, -0.25) is 4.79 Å². The van der Waals surface area contributed by atoms with Crippen molar-refractivity contribution in [3.63, 3.8) is 0 Å². The Kier molecular flexibility index (Phi) is 2.07. The molecule has 0 aromatic carbocycles. The molecule has 0 unspecified atom stereocenters. The summed E-state index contributed by atoms with van der Waals surface area (Å²) in [6.07, 6.45) is 0.330. The molecule has 0 amide bonds. The van der Waals surface area contributed by atoms with Crippen molar-refractivity contribution in [2.24, 2.45) is 0 Å². The van der Waals surface area contributed by atoms with Crippen LogP contribution >= 0.6 is 0 Å². The number of carbonyl (C=O) groups is 1. The number of hydrogen-bond donors (Lipinski definition) is 1. The van der Waals surface area contributed by atoms with Gasteiger partial charge in [-0.05, 0) is 0 Å². The third-order valence-electron chi connectivity index (χ3n) is 1.17. The lowest BCUT2D eigenvalue weighted by molar-refractivity contribution is -0.146. The van der Waals surface area contributed by atoms with E-state index in [2.05, 4.69) is 9.40 Å². The Labute approximate surface area is 65.8 Å². The van der Waals surface area contributed by atoms with Crippen molar-refractivity contribution in [2.75, 3.05) is 0 Å². The molecule has 0 aliphatic heterocycles. The van der Waals surface area contributed by atoms with E-state index in [-0.39, 0.29) is 0 Å². The smallest absolute Gasteiger partial charge is 0.316 e. The van der Waals surface area contributed by atoms with Crippen molar-refractivity contribution in [1.82, 2.24) is 4.98 Å². The van der Waals surface area contributed by atoms with E-state index in [0.29, 0.717) is 0 Å². The van der Waals surface area contributed by atoms with Crippen molar-refractivity contribution in [2.45, 2.75) is 12.3 Å². The second kappa shape index (κ2) is 2.88. The second-order valence-electron chi connectivity index (χ2n) is 2.14. The molecule has 1 aromatic heterocycles. The fourth-order valence-electron chi connectivity index (χ4n) is 0.673. The average Bonchev–Trinajstić information content (AvgIpc) is 2.32. The predicted octanol–water partition coefficient (Wildman–Crippen LogP) is 1.24. The third kappa shape index (κ3) is 1.77. The Morgan fingerprint density at radius 1 is 1.75 bits per heavy atom. The fraction of sp³-hybridized carbons (Fsp3) is 0.333. The van der Waals surface area contributed by atoms with Crippen molar-refractivity contribution < 1.29 is 23.1 Å². The molecule has 0 aliphatic carbocycles. The largest absolute Gasteiger partial charge is 0.481 e. The molecule has 4 nitrogen and oxygen atoms in total. The molecule has 0 bridgehead atoms. The molecule has 66 valence electrons. The van der Waals surface area contributed by atoms with Gasteiger partial charge in [-0.25, -0.2) is 4.98 Å². The molecular formula is C6H5F2NO3. The van der Waals surface area contributed by atoms with Gasteiger partial charge in [-0.2, -0.15) is 8.78 Å². The summed E-state index contributed by atoms with van der Waals surface area (Å²) in [6.45, 7) is 0. The minimum Gasteiger partial charge on any atom is -0.481 e. The molecule has 1 heterocycles. The molecule has 0 atom stereocenters. The van der Waals surface area contributed by atoms with Crippen LogP contribution in [0.1, 0.15) is 12.2 Å². The summed E-state index contributed by atoms with van der Waals surface area (Å²) in [6, 6.07) is 0. The number of oxazole rings is 1. The summed E-state index contributed by atoms with van der Waals surface area (Å²) in [7, 11) is 0. The summed E-state index contributed by atoms with van der Waals surface area (Å²) < 4.78 is 29.7. The fourth-order valence-corrected chi connectivity index (χ4v) is 0.673. The van der Waals surface area contributed by atoms with Gasteiger partial charge in [0.15, 0.2) is 12.2 Å². The van der Waals surface area contributed by atoms with Crippen LogP contribution in [0.2, 0.25) is 0 Å². The number of halogens is 2. The Hall–Kier alpha value is -1.46. The molecule has 0 saturated carbocycles. The molecule has 1 rings (SSSR count). The maximum absolute atomic E-state index is 12.7. The molecule has 6 heteroatoms. The van der Waals surface area contributed by atoms with E-state index in [0.717, 1.165) is 12.6 Å². The first-order valence-electron chi connectivity index (χ1n) is 3.01. The van der Waals surface area contributed by atoms with Gasteiger partial charge in [-0.15, -0.1) is 0 Å². The van der Waals surface area contributed by atoms with Crippen molar-refractivity contribution in [1.29, 1.82) is 0 Å². The molecule has 1 N–H and O–H groups in total. The standard InChI is InChI=1S/C6H5F2NO3/c7-6(8,1-5(10)11)4-2-9-3-12-4/h2-3H,1H2,(H,10,11). The predicted molar refractivity (Wildman–Crippen MR) is 32.6 cm³/mol. The number of aliphatic carboxylic acids is 1. The highest BCUT2D eigenvalue weighted by Gasteiger charge is 2.38. The van der Waals surface area contributed by atoms with Gasteiger partial charge in [0, 0.05) is 0 Å². The van der Waals surface area contributed by atoms with Crippen molar-refractivity contribution in [3.8, 4) is 0 Å². The van der Waals surface area contributed by atoms with Crippen LogP contribution in [-0.2, 0) is 10.7 Å². The second-order valence-corrected chi connectivity index (χ2v) is 2.14. The van der Waals surface area contributed by atoms with E-state index < -0.39 is 24.1 Å². The molecule has 0 saturated heterocycles. The quantitative estimate of drug-likeness (QED) is 0.754. The minimum atomic E-state index is -3.48. The van der Waals surface area contributed by atoms with Crippen LogP contribution in [0.25, 0.3) is 0 Å². The molecule has 12 heavy (non-hydrogen) atoms. The van der Waals surface area contributed by atoms with Crippen LogP contribution in [0.15, 0.2) is 17.0 Å². The lowest BCUT2D eigenvalue weighted by Gasteiger charge is -2.08. The molecular weight excluding hydrogens is 172 g/mol. The number of nitrogens with zero attached hydrogens (tertiary/aromatic N) is 1. The van der Waals surface area contributed by atoms with Crippen LogP contribution in [0, 0.1) is 0 Å². The van der Waals surface area contributed by atoms with Gasteiger partial charge in [0.2, 0.25) is 0 Å². The highest BCUT2D eigenvalue weighted by atomic mass is 19.3. The van der Waals surface area contributed by atoms with Gasteiger partial charge in [0.05, 0.1) is 6.20 Å². The van der Waals surface area contributed by atoms with E-state index in [4.69, 9.17) is 5.11 Å². The van der Waals surface area contributed by atoms with E-state index in [9.17, 15) is 13.6 Å². The Morgan fingerprint density at radius 2 is 2.42 bits per heavy atom. The number of rotatable bonds is 3. The Bertz CT molecular complexity index is 270. The molecule has 0 fully saturated rings. The number of carboxylic acids is 1. The molecule has 0 spiro atoms. The zero-order valence-corrected chi connectivity index (χ0v) is 5.83. The molecule has 0 aliphatic rings. The summed E-state index contributed by atoms with van der Waals surface area (Å²) in [5, 5.41) is 8.11. The van der Waals surface area contributed by atoms with Crippen molar-refractivity contribution >= 4 is 5.97 Å². The number of alkyl halides is 2. The number of aromatic nitrogens is 1. The van der Waals surface area contributed by atoms with Crippen LogP contribution in [0.5, 0.6) is 0 Å². The highest BCUT2D eigenvalue weighted by molar-refractivity contribution is 5.68. The summed E-state index contributed by atoms with van der Waals surface area (Å²) >= 11 is 0. The summed E-state index contributed by atoms with van der Waals surface area (Å²) in [5.41, 5.74) is 0. The van der Waals surface area contributed by atoms with Crippen LogP contribution < -0.4 is 0 Å². The summed E-state index contributed by atoms with van der Waals surface area (Å²) in [5.74, 6) is -5.80. The van der Waals surface area contributed by atoms with Gasteiger partial charge >= 0.3 is 11.9 Å². The first-order valence-corrected chi connectivity index (χ1v) is 3.01. The first-order chi connectivity index (χ1) is 5.52. The third-order valence-corrected chi connectivity index (χ3v) is 1.17. The Morgan fingerprint density at radius 3 is 2.83 bits per heavy atom. The average molecular weight is 177 g/mol.